The molecule has 4 atom stereocenters. The highest BCUT2D eigenvalue weighted by atomic mass is 35.5. The number of aromatic nitrogens is 1. The Morgan fingerprint density at radius 1 is 1.18 bits per heavy atom. The predicted molar refractivity (Wildman–Crippen MR) is 147 cm³/mol. The van der Waals surface area contributed by atoms with Gasteiger partial charge in [0.15, 0.2) is 5.69 Å². The van der Waals surface area contributed by atoms with Crippen molar-refractivity contribution >= 4 is 40.8 Å². The SMILES string of the molecule is CC(C)(C)C[C@@H]1N[C@@H](C(=O)Nc2cccnc2C(=O)O)[C@H](c2cccc(Cl)c2F)[C@@]1(C#N)c1ccc(Cl)cc1F. The summed E-state index contributed by atoms with van der Waals surface area (Å²) in [5.74, 6) is -5.06. The summed E-state index contributed by atoms with van der Waals surface area (Å²) in [6.07, 6.45) is 1.55. The summed E-state index contributed by atoms with van der Waals surface area (Å²) in [5.41, 5.74) is -2.84. The molecule has 0 aliphatic carbocycles. The van der Waals surface area contributed by atoms with Gasteiger partial charge in [-0.05, 0) is 47.7 Å². The van der Waals surface area contributed by atoms with Gasteiger partial charge < -0.3 is 15.7 Å². The van der Waals surface area contributed by atoms with E-state index in [4.69, 9.17) is 23.2 Å². The standard InChI is InChI=1S/C29H26Cl2F2N4O3/c1-28(2,3)13-21-29(14-34,17-10-9-15(30)12-19(17)32)22(16-6-4-7-18(31)23(16)33)25(37-21)26(38)36-20-8-5-11-35-24(20)27(39)40/h4-12,21-22,25,37H,13H2,1-3H3,(H,36,38)(H,39,40)/t21-,22-,25+,29-/m0/s1. The summed E-state index contributed by atoms with van der Waals surface area (Å²) in [4.78, 5) is 29.4. The molecule has 4 rings (SSSR count). The Kier molecular flexibility index (Phi) is 8.18. The van der Waals surface area contributed by atoms with Gasteiger partial charge in [-0.15, -0.1) is 0 Å². The Balaban J connectivity index is 1.98. The highest BCUT2D eigenvalue weighted by Gasteiger charge is 2.61. The van der Waals surface area contributed by atoms with E-state index in [9.17, 15) is 20.0 Å². The molecule has 0 unspecified atom stereocenters. The predicted octanol–water partition coefficient (Wildman–Crippen LogP) is 6.33. The molecule has 0 radical (unpaired) electrons. The third-order valence-electron chi connectivity index (χ3n) is 7.00. The first-order chi connectivity index (χ1) is 18.8. The lowest BCUT2D eigenvalue weighted by molar-refractivity contribution is -0.118. The monoisotopic (exact) mass is 586 g/mol. The second-order valence-electron chi connectivity index (χ2n) is 10.9. The smallest absolute Gasteiger partial charge is 0.356 e. The van der Waals surface area contributed by atoms with E-state index in [1.807, 2.05) is 20.8 Å². The quantitative estimate of drug-likeness (QED) is 0.311. The third-order valence-corrected chi connectivity index (χ3v) is 7.53. The molecule has 208 valence electrons. The van der Waals surface area contributed by atoms with Crippen LogP contribution in [0.25, 0.3) is 0 Å². The first-order valence-electron chi connectivity index (χ1n) is 12.4. The number of hydrogen-bond acceptors (Lipinski definition) is 5. The molecule has 1 saturated heterocycles. The zero-order chi connectivity index (χ0) is 29.4. The van der Waals surface area contributed by atoms with Crippen LogP contribution in [0.4, 0.5) is 14.5 Å². The molecule has 11 heteroatoms. The molecular weight excluding hydrogens is 561 g/mol. The van der Waals surface area contributed by atoms with Gasteiger partial charge in [0.1, 0.15) is 17.0 Å². The molecule has 1 fully saturated rings. The molecule has 1 aliphatic heterocycles. The van der Waals surface area contributed by atoms with Crippen molar-refractivity contribution in [1.82, 2.24) is 10.3 Å². The van der Waals surface area contributed by atoms with Crippen LogP contribution in [-0.4, -0.2) is 34.1 Å². The normalized spacial score (nSPS) is 22.5. The van der Waals surface area contributed by atoms with Crippen LogP contribution in [0.2, 0.25) is 10.0 Å². The number of rotatable bonds is 6. The average Bonchev–Trinajstić information content (AvgIpc) is 3.19. The number of halogens is 4. The fraction of sp³-hybridized carbons (Fsp3) is 0.310. The van der Waals surface area contributed by atoms with Gasteiger partial charge in [-0.25, -0.2) is 18.6 Å². The Morgan fingerprint density at radius 2 is 1.90 bits per heavy atom. The van der Waals surface area contributed by atoms with E-state index in [2.05, 4.69) is 21.7 Å². The lowest BCUT2D eigenvalue weighted by atomic mass is 9.62. The van der Waals surface area contributed by atoms with Gasteiger partial charge in [-0.2, -0.15) is 5.26 Å². The van der Waals surface area contributed by atoms with Gasteiger partial charge in [0.2, 0.25) is 5.91 Å². The highest BCUT2D eigenvalue weighted by molar-refractivity contribution is 6.31. The molecule has 0 saturated carbocycles. The van der Waals surface area contributed by atoms with E-state index in [-0.39, 0.29) is 26.9 Å². The average molecular weight is 587 g/mol. The Labute approximate surface area is 240 Å². The van der Waals surface area contributed by atoms with Gasteiger partial charge in [-0.3, -0.25) is 4.79 Å². The summed E-state index contributed by atoms with van der Waals surface area (Å²) in [5, 5.41) is 26.0. The van der Waals surface area contributed by atoms with E-state index >= 15 is 8.78 Å². The third kappa shape index (κ3) is 5.39. The molecule has 1 aliphatic rings. The van der Waals surface area contributed by atoms with Gasteiger partial charge in [0, 0.05) is 28.7 Å². The Hall–Kier alpha value is -3.58. The molecule has 40 heavy (non-hydrogen) atoms. The van der Waals surface area contributed by atoms with Crippen molar-refractivity contribution in [3.8, 4) is 6.07 Å². The fourth-order valence-electron chi connectivity index (χ4n) is 5.44. The zero-order valence-electron chi connectivity index (χ0n) is 21.8. The minimum Gasteiger partial charge on any atom is -0.476 e. The van der Waals surface area contributed by atoms with E-state index in [1.54, 1.807) is 0 Å². The van der Waals surface area contributed by atoms with Crippen LogP contribution < -0.4 is 10.6 Å². The molecule has 2 heterocycles. The van der Waals surface area contributed by atoms with E-state index in [1.165, 1.54) is 48.7 Å². The van der Waals surface area contributed by atoms with Crippen LogP contribution in [0.3, 0.4) is 0 Å². The van der Waals surface area contributed by atoms with Gasteiger partial charge in [0.05, 0.1) is 22.8 Å². The number of carboxylic acids is 1. The van der Waals surface area contributed by atoms with E-state index in [0.717, 1.165) is 6.07 Å². The molecule has 3 aromatic rings. The van der Waals surface area contributed by atoms with Crippen molar-refractivity contribution in [2.24, 2.45) is 5.41 Å². The minimum absolute atomic E-state index is 0.0616. The van der Waals surface area contributed by atoms with Crippen molar-refractivity contribution < 1.29 is 23.5 Å². The summed E-state index contributed by atoms with van der Waals surface area (Å²) in [6, 6.07) is 11.0. The lowest BCUT2D eigenvalue weighted by Gasteiger charge is -2.37. The van der Waals surface area contributed by atoms with Crippen LogP contribution in [0, 0.1) is 28.4 Å². The first kappa shape index (κ1) is 29.4. The van der Waals surface area contributed by atoms with Crippen molar-refractivity contribution in [2.75, 3.05) is 5.32 Å². The molecule has 0 bridgehead atoms. The van der Waals surface area contributed by atoms with Crippen LogP contribution >= 0.6 is 23.2 Å². The summed E-state index contributed by atoms with van der Waals surface area (Å²) in [7, 11) is 0. The lowest BCUT2D eigenvalue weighted by Crippen LogP contribution is -2.45. The summed E-state index contributed by atoms with van der Waals surface area (Å²) >= 11 is 12.2. The number of pyridine rings is 1. The summed E-state index contributed by atoms with van der Waals surface area (Å²) < 4.78 is 31.4. The van der Waals surface area contributed by atoms with Crippen LogP contribution in [-0.2, 0) is 10.2 Å². The fourth-order valence-corrected chi connectivity index (χ4v) is 5.78. The number of carbonyl (C=O) groups is 2. The minimum atomic E-state index is -1.81. The maximum atomic E-state index is 15.7. The number of carbonyl (C=O) groups excluding carboxylic acids is 1. The topological polar surface area (TPSA) is 115 Å². The number of nitrogens with zero attached hydrogens (tertiary/aromatic N) is 2. The van der Waals surface area contributed by atoms with Crippen molar-refractivity contribution in [3.05, 3.63) is 93.2 Å². The van der Waals surface area contributed by atoms with Gasteiger partial charge in [-0.1, -0.05) is 62.2 Å². The maximum Gasteiger partial charge on any atom is 0.356 e. The first-order valence-corrected chi connectivity index (χ1v) is 13.1. The van der Waals surface area contributed by atoms with Crippen LogP contribution in [0.1, 0.15) is 54.7 Å². The Morgan fingerprint density at radius 3 is 2.52 bits per heavy atom. The number of anilines is 1. The molecular formula is C29H26Cl2F2N4O3. The second-order valence-corrected chi connectivity index (χ2v) is 11.7. The van der Waals surface area contributed by atoms with Crippen LogP contribution in [0.15, 0.2) is 54.7 Å². The number of carboxylic acid groups (broad SMARTS) is 1. The zero-order valence-corrected chi connectivity index (χ0v) is 23.3. The number of benzene rings is 2. The number of nitrogens with one attached hydrogen (secondary N) is 2. The number of aromatic carboxylic acids is 1. The van der Waals surface area contributed by atoms with E-state index in [0.29, 0.717) is 6.42 Å². The number of hydrogen-bond donors (Lipinski definition) is 3. The molecule has 7 nitrogen and oxygen atoms in total. The summed E-state index contributed by atoms with van der Waals surface area (Å²) in [6.45, 7) is 5.77. The van der Waals surface area contributed by atoms with Crippen molar-refractivity contribution in [3.63, 3.8) is 0 Å². The highest BCUT2D eigenvalue weighted by Crippen LogP contribution is 2.52. The number of nitriles is 1. The molecule has 1 aromatic heterocycles. The van der Waals surface area contributed by atoms with Gasteiger partial charge >= 0.3 is 5.97 Å². The van der Waals surface area contributed by atoms with Crippen molar-refractivity contribution in [1.29, 1.82) is 5.26 Å². The number of amides is 1. The largest absolute Gasteiger partial charge is 0.476 e. The molecule has 1 amide bonds. The van der Waals surface area contributed by atoms with E-state index < -0.39 is 58.0 Å². The molecule has 3 N–H and O–H groups in total. The van der Waals surface area contributed by atoms with Crippen molar-refractivity contribution in [2.45, 2.75) is 50.6 Å². The van der Waals surface area contributed by atoms with Gasteiger partial charge in [0.25, 0.3) is 0 Å². The molecule has 0 spiro atoms. The second kappa shape index (κ2) is 11.1. The molecule has 2 aromatic carbocycles. The maximum absolute atomic E-state index is 15.7. The van der Waals surface area contributed by atoms with Crippen LogP contribution in [0.5, 0.6) is 0 Å². The Bertz CT molecular complexity index is 1520.